The van der Waals surface area contributed by atoms with E-state index in [2.05, 4.69) is 39.9 Å². The fourth-order valence-corrected chi connectivity index (χ4v) is 4.47. The van der Waals surface area contributed by atoms with Gasteiger partial charge < -0.3 is 10.1 Å². The van der Waals surface area contributed by atoms with E-state index in [1.807, 2.05) is 59.7 Å². The Hall–Kier alpha value is -3.13. The van der Waals surface area contributed by atoms with E-state index in [4.69, 9.17) is 6.57 Å². The first-order chi connectivity index (χ1) is 18.2. The first kappa shape index (κ1) is 33.9. The van der Waals surface area contributed by atoms with E-state index in [0.717, 1.165) is 59.5 Å². The minimum atomic E-state index is 0. The van der Waals surface area contributed by atoms with Gasteiger partial charge >= 0.3 is 0 Å². The molecule has 0 amide bonds. The van der Waals surface area contributed by atoms with Crippen molar-refractivity contribution in [3.8, 4) is 22.5 Å². The largest absolute Gasteiger partial charge is 0.512 e. The summed E-state index contributed by atoms with van der Waals surface area (Å²) in [6.07, 6.45) is 6.64. The van der Waals surface area contributed by atoms with Crippen molar-refractivity contribution in [2.75, 3.05) is 0 Å². The molecule has 0 aliphatic carbocycles. The molecule has 1 N–H and O–H groups in total. The number of rotatable bonds is 9. The number of aliphatic hydroxyl groups is 1. The Morgan fingerprint density at radius 3 is 2.18 bits per heavy atom. The summed E-state index contributed by atoms with van der Waals surface area (Å²) in [4.78, 5) is 24.5. The number of aromatic nitrogens is 2. The zero-order valence-corrected chi connectivity index (χ0v) is 26.5. The van der Waals surface area contributed by atoms with Crippen LogP contribution in [0.1, 0.15) is 70.2 Å². The van der Waals surface area contributed by atoms with Crippen LogP contribution in [0.2, 0.25) is 0 Å². The topological polar surface area (TPSA) is 67.4 Å². The van der Waals surface area contributed by atoms with E-state index in [-0.39, 0.29) is 43.5 Å². The van der Waals surface area contributed by atoms with Crippen LogP contribution in [-0.2, 0) is 24.9 Å². The summed E-state index contributed by atoms with van der Waals surface area (Å²) in [5.41, 5.74) is 7.02. The number of para-hydroxylation sites is 1. The SMILES string of the molecule is CCC(CC)C(=O)/C=C(\O)C(CC)CC.[C-]#[N+]c1ccccc1-c1cnc(-c2[c-]c(C)cc(C)c2)c(C)n1.[Ir]. The fourth-order valence-electron chi connectivity index (χ4n) is 4.47. The quantitative estimate of drug-likeness (QED) is 0.137. The van der Waals surface area contributed by atoms with E-state index in [1.54, 1.807) is 12.3 Å². The summed E-state index contributed by atoms with van der Waals surface area (Å²) in [5, 5.41) is 9.76. The number of nitrogens with zero attached hydrogens (tertiary/aromatic N) is 3. The predicted molar refractivity (Wildman–Crippen MR) is 156 cm³/mol. The molecule has 0 fully saturated rings. The molecule has 0 saturated heterocycles. The van der Waals surface area contributed by atoms with Crippen LogP contribution in [0.5, 0.6) is 0 Å². The smallest absolute Gasteiger partial charge is 0.196 e. The Morgan fingerprint density at radius 1 is 1.03 bits per heavy atom. The van der Waals surface area contributed by atoms with Gasteiger partial charge in [-0.3, -0.25) is 9.78 Å². The molecule has 0 aliphatic rings. The first-order valence-electron chi connectivity index (χ1n) is 13.4. The van der Waals surface area contributed by atoms with Gasteiger partial charge in [-0.2, -0.15) is 0 Å². The second-order valence-electron chi connectivity index (χ2n) is 9.57. The molecule has 0 bridgehead atoms. The molecule has 3 aromatic rings. The normalized spacial score (nSPS) is 10.9. The average molecular weight is 703 g/mol. The third-order valence-corrected chi connectivity index (χ3v) is 6.73. The first-order valence-corrected chi connectivity index (χ1v) is 13.4. The van der Waals surface area contributed by atoms with Gasteiger partial charge in [0.15, 0.2) is 11.5 Å². The summed E-state index contributed by atoms with van der Waals surface area (Å²) in [7, 11) is 0. The molecule has 1 heterocycles. The Labute approximate surface area is 248 Å². The number of aliphatic hydroxyl groups excluding tert-OH is 1. The number of hydrogen-bond donors (Lipinski definition) is 1. The van der Waals surface area contributed by atoms with E-state index >= 15 is 0 Å². The van der Waals surface area contributed by atoms with Crippen molar-refractivity contribution < 1.29 is 30.0 Å². The van der Waals surface area contributed by atoms with Crippen molar-refractivity contribution >= 4 is 11.5 Å². The molecule has 209 valence electrons. The fraction of sp³-hybridized carbons (Fsp3) is 0.394. The van der Waals surface area contributed by atoms with Crippen LogP contribution in [0.15, 0.2) is 54.4 Å². The van der Waals surface area contributed by atoms with Gasteiger partial charge in [-0.1, -0.05) is 65.8 Å². The standard InChI is InChI=1S/C20H16N3.C13H24O2.Ir/c1-13-9-14(2)11-16(10-13)20-15(3)23-19(12-22-20)17-7-5-6-8-18(17)21-4;1-5-10(6-2)12(14)9-13(15)11(7-3)8-4;/h5-10,12H,1-3H3;9-11,14H,5-8H2,1-4H3;/q-1;;/b;12-9-;. The van der Waals surface area contributed by atoms with Crippen LogP contribution in [0.25, 0.3) is 27.4 Å². The summed E-state index contributed by atoms with van der Waals surface area (Å²) in [6, 6.07) is 15.0. The number of carbonyl (C=O) groups excluding carboxylic acids is 1. The Bertz CT molecular complexity index is 1280. The van der Waals surface area contributed by atoms with Crippen LogP contribution in [0.3, 0.4) is 0 Å². The van der Waals surface area contributed by atoms with Gasteiger partial charge in [0.1, 0.15) is 0 Å². The number of aryl methyl sites for hydroxylation is 3. The average Bonchev–Trinajstić information content (AvgIpc) is 2.89. The van der Waals surface area contributed by atoms with Crippen LogP contribution >= 0.6 is 0 Å². The molecule has 0 atom stereocenters. The second kappa shape index (κ2) is 16.7. The molecule has 0 spiro atoms. The van der Waals surface area contributed by atoms with Crippen molar-refractivity contribution in [1.82, 2.24) is 9.97 Å². The maximum atomic E-state index is 11.7. The molecule has 3 rings (SSSR count). The summed E-state index contributed by atoms with van der Waals surface area (Å²) < 4.78 is 0. The third kappa shape index (κ3) is 9.53. The molecule has 1 radical (unpaired) electrons. The van der Waals surface area contributed by atoms with Gasteiger partial charge in [0.2, 0.25) is 0 Å². The molecule has 0 aliphatic heterocycles. The van der Waals surface area contributed by atoms with Gasteiger partial charge in [-0.15, -0.1) is 34.9 Å². The van der Waals surface area contributed by atoms with Crippen LogP contribution in [-0.4, -0.2) is 20.9 Å². The number of hydrogen-bond acceptors (Lipinski definition) is 4. The van der Waals surface area contributed by atoms with Gasteiger partial charge in [0.25, 0.3) is 0 Å². The molecule has 39 heavy (non-hydrogen) atoms. The number of benzene rings is 2. The molecule has 6 heteroatoms. The Kier molecular flexibility index (Phi) is 14.6. The molecule has 0 unspecified atom stereocenters. The minimum Gasteiger partial charge on any atom is -0.512 e. The van der Waals surface area contributed by atoms with Crippen molar-refractivity contribution in [3.05, 3.63) is 88.7 Å². The van der Waals surface area contributed by atoms with E-state index in [9.17, 15) is 9.90 Å². The van der Waals surface area contributed by atoms with E-state index in [0.29, 0.717) is 5.69 Å². The van der Waals surface area contributed by atoms with Crippen LogP contribution in [0, 0.1) is 45.2 Å². The number of ketones is 1. The Balaban J connectivity index is 0.000000418. The summed E-state index contributed by atoms with van der Waals surface area (Å²) >= 11 is 0. The molecule has 1 aromatic heterocycles. The van der Waals surface area contributed by atoms with Crippen molar-refractivity contribution in [2.45, 2.75) is 74.1 Å². The number of allylic oxidation sites excluding steroid dienone is 2. The summed E-state index contributed by atoms with van der Waals surface area (Å²) in [6.45, 7) is 21.4. The van der Waals surface area contributed by atoms with Crippen LogP contribution < -0.4 is 0 Å². The predicted octanol–water partition coefficient (Wildman–Crippen LogP) is 8.95. The maximum absolute atomic E-state index is 11.7. The van der Waals surface area contributed by atoms with E-state index in [1.165, 1.54) is 11.6 Å². The monoisotopic (exact) mass is 703 g/mol. The zero-order chi connectivity index (χ0) is 28.2. The molecule has 5 nitrogen and oxygen atoms in total. The third-order valence-electron chi connectivity index (χ3n) is 6.73. The number of carbonyl (C=O) groups is 1. The summed E-state index contributed by atoms with van der Waals surface area (Å²) in [5.74, 6) is 0.547. The van der Waals surface area contributed by atoms with E-state index < -0.39 is 0 Å². The van der Waals surface area contributed by atoms with Gasteiger partial charge in [-0.25, -0.2) is 4.85 Å². The van der Waals surface area contributed by atoms with Gasteiger partial charge in [0.05, 0.1) is 18.0 Å². The van der Waals surface area contributed by atoms with Crippen molar-refractivity contribution in [2.24, 2.45) is 11.8 Å². The van der Waals surface area contributed by atoms with Crippen LogP contribution in [0.4, 0.5) is 5.69 Å². The second-order valence-corrected chi connectivity index (χ2v) is 9.57. The minimum absolute atomic E-state index is 0. The van der Waals surface area contributed by atoms with Gasteiger partial charge in [0, 0.05) is 61.2 Å². The molecular weight excluding hydrogens is 663 g/mol. The molecule has 0 saturated carbocycles. The van der Waals surface area contributed by atoms with Crippen molar-refractivity contribution in [3.63, 3.8) is 0 Å². The Morgan fingerprint density at radius 2 is 1.64 bits per heavy atom. The maximum Gasteiger partial charge on any atom is 0.196 e. The zero-order valence-electron chi connectivity index (χ0n) is 24.1. The molecular formula is C33H40IrN3O2-. The molecule has 2 aromatic carbocycles. The van der Waals surface area contributed by atoms with Crippen molar-refractivity contribution in [1.29, 1.82) is 0 Å². The van der Waals surface area contributed by atoms with Gasteiger partial charge in [-0.05, 0) is 32.6 Å².